The third kappa shape index (κ3) is 3.85. The van der Waals surface area contributed by atoms with Crippen LogP contribution in [-0.4, -0.2) is 22.5 Å². The van der Waals surface area contributed by atoms with Gasteiger partial charge in [-0.25, -0.2) is 4.98 Å². The highest BCUT2D eigenvalue weighted by molar-refractivity contribution is 7.14. The smallest absolute Gasteiger partial charge is 0.264 e. The number of ether oxygens (including phenoxy) is 1. The third-order valence-corrected chi connectivity index (χ3v) is 3.77. The summed E-state index contributed by atoms with van der Waals surface area (Å²) in [6, 6.07) is 4.97. The zero-order valence-electron chi connectivity index (χ0n) is 12.7. The Morgan fingerprint density at radius 1 is 1.38 bits per heavy atom. The number of rotatable bonds is 5. The summed E-state index contributed by atoms with van der Waals surface area (Å²) < 4.78 is 10.2. The molecule has 0 aliphatic carbocycles. The number of pyridine rings is 1. The summed E-state index contributed by atoms with van der Waals surface area (Å²) in [7, 11) is 0. The van der Waals surface area contributed by atoms with Crippen molar-refractivity contribution >= 4 is 22.4 Å². The minimum atomic E-state index is -0.411. The number of nitrogens with zero attached hydrogens (tertiary/aromatic N) is 2. The van der Waals surface area contributed by atoms with Crippen LogP contribution in [0.3, 0.4) is 0 Å². The number of aromatic nitrogens is 2. The van der Waals surface area contributed by atoms with Gasteiger partial charge in [0.15, 0.2) is 11.7 Å². The van der Waals surface area contributed by atoms with Gasteiger partial charge in [0.2, 0.25) is 11.2 Å². The lowest BCUT2D eigenvalue weighted by Crippen LogP contribution is -2.22. The molecule has 0 aliphatic rings. The highest BCUT2D eigenvalue weighted by Crippen LogP contribution is 2.24. The number of carbonyl (C=O) groups is 1. The Kier molecular flexibility index (Phi) is 4.66. The molecule has 8 heteroatoms. The molecule has 1 N–H and O–H groups in total. The molecule has 0 aromatic carbocycles. The number of anilines is 1. The van der Waals surface area contributed by atoms with Crippen molar-refractivity contribution < 1.29 is 13.9 Å². The summed E-state index contributed by atoms with van der Waals surface area (Å²) in [5, 5.41) is 4.91. The minimum Gasteiger partial charge on any atom is -0.477 e. The molecule has 7 nitrogen and oxygen atoms in total. The monoisotopic (exact) mass is 343 g/mol. The van der Waals surface area contributed by atoms with Crippen LogP contribution < -0.4 is 15.5 Å². The number of aryl methyl sites for hydroxylation is 1. The standard InChI is InChI=1S/C16H13N3O4S/c1-10-6-13(20)14(7-22-10)23-8-15(21)19-16-18-12(9-24-16)11-2-4-17-5-3-11/h2-7,9H,8H2,1H3,(H,18,19,21). The SMILES string of the molecule is Cc1cc(=O)c(OCC(=O)Nc2nc(-c3ccncc3)cs2)co1. The Hall–Kier alpha value is -3.00. The van der Waals surface area contributed by atoms with Gasteiger partial charge in [0.05, 0.1) is 5.69 Å². The second kappa shape index (κ2) is 7.05. The van der Waals surface area contributed by atoms with Gasteiger partial charge in [-0.15, -0.1) is 11.3 Å². The summed E-state index contributed by atoms with van der Waals surface area (Å²) >= 11 is 1.30. The van der Waals surface area contributed by atoms with Crippen LogP contribution >= 0.6 is 11.3 Å². The van der Waals surface area contributed by atoms with E-state index in [2.05, 4.69) is 15.3 Å². The van der Waals surface area contributed by atoms with E-state index in [4.69, 9.17) is 9.15 Å². The quantitative estimate of drug-likeness (QED) is 0.765. The summed E-state index contributed by atoms with van der Waals surface area (Å²) in [5.41, 5.74) is 1.33. The molecular weight excluding hydrogens is 330 g/mol. The van der Waals surface area contributed by atoms with Crippen molar-refractivity contribution in [1.29, 1.82) is 0 Å². The van der Waals surface area contributed by atoms with E-state index in [1.165, 1.54) is 23.7 Å². The lowest BCUT2D eigenvalue weighted by atomic mass is 10.2. The maximum absolute atomic E-state index is 11.9. The number of hydrogen-bond acceptors (Lipinski definition) is 7. The van der Waals surface area contributed by atoms with Crippen LogP contribution in [0, 0.1) is 6.92 Å². The molecule has 0 atom stereocenters. The number of thiazole rings is 1. The number of hydrogen-bond donors (Lipinski definition) is 1. The van der Waals surface area contributed by atoms with Crippen molar-refractivity contribution in [3.63, 3.8) is 0 Å². The van der Waals surface area contributed by atoms with E-state index in [9.17, 15) is 9.59 Å². The molecule has 0 spiro atoms. The average Bonchev–Trinajstić information content (AvgIpc) is 3.03. The van der Waals surface area contributed by atoms with Gasteiger partial charge in [0.25, 0.3) is 5.91 Å². The Morgan fingerprint density at radius 3 is 2.92 bits per heavy atom. The molecule has 0 bridgehead atoms. The van der Waals surface area contributed by atoms with E-state index in [-0.39, 0.29) is 17.8 Å². The Balaban J connectivity index is 1.59. The molecule has 3 aromatic heterocycles. The number of carbonyl (C=O) groups excluding carboxylic acids is 1. The molecular formula is C16H13N3O4S. The second-order valence-corrected chi connectivity index (χ2v) is 5.69. The molecule has 0 saturated carbocycles. The molecule has 3 aromatic rings. The Labute approximate surface area is 141 Å². The highest BCUT2D eigenvalue weighted by Gasteiger charge is 2.10. The van der Waals surface area contributed by atoms with E-state index in [0.29, 0.717) is 10.9 Å². The molecule has 3 rings (SSSR count). The lowest BCUT2D eigenvalue weighted by Gasteiger charge is -2.04. The van der Waals surface area contributed by atoms with Crippen molar-refractivity contribution in [1.82, 2.24) is 9.97 Å². The number of amides is 1. The van der Waals surface area contributed by atoms with Crippen LogP contribution in [0.25, 0.3) is 11.3 Å². The van der Waals surface area contributed by atoms with Crippen molar-refractivity contribution in [2.45, 2.75) is 6.92 Å². The fourth-order valence-corrected chi connectivity index (χ4v) is 2.62. The van der Waals surface area contributed by atoms with Crippen LogP contribution in [0.2, 0.25) is 0 Å². The Morgan fingerprint density at radius 2 is 2.17 bits per heavy atom. The van der Waals surface area contributed by atoms with E-state index in [1.807, 2.05) is 17.5 Å². The number of nitrogens with one attached hydrogen (secondary N) is 1. The molecule has 0 fully saturated rings. The fraction of sp³-hybridized carbons (Fsp3) is 0.125. The molecule has 0 aliphatic heterocycles. The summed E-state index contributed by atoms with van der Waals surface area (Å²) in [4.78, 5) is 31.8. The summed E-state index contributed by atoms with van der Waals surface area (Å²) in [6.45, 7) is 1.35. The van der Waals surface area contributed by atoms with Gasteiger partial charge < -0.3 is 9.15 Å². The first kappa shape index (κ1) is 15.9. The first-order chi connectivity index (χ1) is 11.6. The first-order valence-corrected chi connectivity index (χ1v) is 7.88. The van der Waals surface area contributed by atoms with Crippen LogP contribution in [0.4, 0.5) is 5.13 Å². The summed E-state index contributed by atoms with van der Waals surface area (Å²) in [6.07, 6.45) is 4.54. The molecule has 1 amide bonds. The molecule has 0 radical (unpaired) electrons. The van der Waals surface area contributed by atoms with Crippen LogP contribution in [-0.2, 0) is 4.79 Å². The van der Waals surface area contributed by atoms with Gasteiger partial charge in [0, 0.05) is 29.4 Å². The molecule has 122 valence electrons. The van der Waals surface area contributed by atoms with Crippen LogP contribution in [0.1, 0.15) is 5.76 Å². The van der Waals surface area contributed by atoms with Crippen molar-refractivity contribution in [3.8, 4) is 17.0 Å². The predicted molar refractivity (Wildman–Crippen MR) is 89.2 cm³/mol. The van der Waals surface area contributed by atoms with Crippen molar-refractivity contribution in [2.75, 3.05) is 11.9 Å². The van der Waals surface area contributed by atoms with Crippen LogP contribution in [0.5, 0.6) is 5.75 Å². The van der Waals surface area contributed by atoms with Gasteiger partial charge in [-0.1, -0.05) is 0 Å². The van der Waals surface area contributed by atoms with Crippen molar-refractivity contribution in [2.24, 2.45) is 0 Å². The van der Waals surface area contributed by atoms with E-state index >= 15 is 0 Å². The average molecular weight is 343 g/mol. The maximum Gasteiger partial charge on any atom is 0.264 e. The van der Waals surface area contributed by atoms with Crippen molar-refractivity contribution in [3.05, 3.63) is 58.2 Å². The fourth-order valence-electron chi connectivity index (χ4n) is 1.88. The lowest BCUT2D eigenvalue weighted by molar-refractivity contribution is -0.118. The van der Waals surface area contributed by atoms with Gasteiger partial charge >= 0.3 is 0 Å². The van der Waals surface area contributed by atoms with Gasteiger partial charge in [-0.2, -0.15) is 0 Å². The van der Waals surface area contributed by atoms with Crippen LogP contribution in [0.15, 0.2) is 51.4 Å². The summed E-state index contributed by atoms with van der Waals surface area (Å²) in [5.74, 6) is 0.0567. The molecule has 3 heterocycles. The third-order valence-electron chi connectivity index (χ3n) is 3.01. The zero-order chi connectivity index (χ0) is 16.9. The van der Waals surface area contributed by atoms with Gasteiger partial charge in [0.1, 0.15) is 12.0 Å². The van der Waals surface area contributed by atoms with Gasteiger partial charge in [-0.3, -0.25) is 19.9 Å². The topological polar surface area (TPSA) is 94.3 Å². The van der Waals surface area contributed by atoms with E-state index in [1.54, 1.807) is 19.3 Å². The molecule has 24 heavy (non-hydrogen) atoms. The minimum absolute atomic E-state index is 0.00707. The predicted octanol–water partition coefficient (Wildman–Crippen LogP) is 2.48. The van der Waals surface area contributed by atoms with E-state index < -0.39 is 5.91 Å². The largest absolute Gasteiger partial charge is 0.477 e. The Bertz CT molecular complexity index is 905. The highest BCUT2D eigenvalue weighted by atomic mass is 32.1. The van der Waals surface area contributed by atoms with E-state index in [0.717, 1.165) is 11.3 Å². The van der Waals surface area contributed by atoms with Gasteiger partial charge in [-0.05, 0) is 19.1 Å². The normalized spacial score (nSPS) is 10.4. The zero-order valence-corrected chi connectivity index (χ0v) is 13.5. The first-order valence-electron chi connectivity index (χ1n) is 7.00. The molecule has 0 unspecified atom stereocenters. The molecule has 0 saturated heterocycles. The maximum atomic E-state index is 11.9. The second-order valence-electron chi connectivity index (χ2n) is 4.83.